The molecule has 0 fully saturated rings. The molecule has 0 atom stereocenters. The first kappa shape index (κ1) is 16.7. The molecule has 0 aliphatic heterocycles. The zero-order valence-electron chi connectivity index (χ0n) is 12.2. The van der Waals surface area contributed by atoms with Gasteiger partial charge < -0.3 is 0 Å². The Morgan fingerprint density at radius 3 is 2.11 bits per heavy atom. The Bertz CT molecular complexity index is 536. The van der Waals surface area contributed by atoms with Gasteiger partial charge in [-0.2, -0.15) is 0 Å². The summed E-state index contributed by atoms with van der Waals surface area (Å²) in [5.74, 6) is 0. The van der Waals surface area contributed by atoms with Crippen LogP contribution in [-0.4, -0.2) is 0 Å². The predicted octanol–water partition coefficient (Wildman–Crippen LogP) is 5.42. The minimum absolute atomic E-state index is 1.08. The van der Waals surface area contributed by atoms with Crippen molar-refractivity contribution in [2.75, 3.05) is 0 Å². The van der Waals surface area contributed by atoms with E-state index in [2.05, 4.69) is 64.6 Å². The summed E-state index contributed by atoms with van der Waals surface area (Å²) >= 11 is 0. The van der Waals surface area contributed by atoms with Gasteiger partial charge in [0.1, 0.15) is 0 Å². The van der Waals surface area contributed by atoms with Crippen molar-refractivity contribution in [2.45, 2.75) is 20.8 Å². The molecular formula is C19H22. The van der Waals surface area contributed by atoms with E-state index in [9.17, 15) is 0 Å². The number of allylic oxidation sites excluding steroid dienone is 5. The van der Waals surface area contributed by atoms with E-state index < -0.39 is 0 Å². The summed E-state index contributed by atoms with van der Waals surface area (Å²) in [5.41, 5.74) is 6.98. The van der Waals surface area contributed by atoms with Crippen molar-refractivity contribution in [1.82, 2.24) is 0 Å². The van der Waals surface area contributed by atoms with Crippen molar-refractivity contribution in [3.05, 3.63) is 72.4 Å². The molecule has 0 nitrogen and oxygen atoms in total. The molecule has 0 N–H and O–H groups in total. The molecule has 19 heavy (non-hydrogen) atoms. The van der Waals surface area contributed by atoms with Crippen molar-refractivity contribution >= 4 is 11.1 Å². The van der Waals surface area contributed by atoms with Gasteiger partial charge in [0, 0.05) is 0 Å². The van der Waals surface area contributed by atoms with Crippen LogP contribution in [0, 0.1) is 19.8 Å². The van der Waals surface area contributed by atoms with Crippen molar-refractivity contribution in [1.29, 1.82) is 0 Å². The Morgan fingerprint density at radius 1 is 1.11 bits per heavy atom. The molecule has 0 aliphatic carbocycles. The minimum Gasteiger partial charge on any atom is -0.124 e. The average Bonchev–Trinajstić information content (AvgIpc) is 2.41. The third-order valence-corrected chi connectivity index (χ3v) is 2.92. The van der Waals surface area contributed by atoms with Gasteiger partial charge in [-0.05, 0) is 48.6 Å². The molecule has 0 heterocycles. The molecule has 0 amide bonds. The Balaban J connectivity index is 0.00000154. The van der Waals surface area contributed by atoms with Crippen LogP contribution in [0.15, 0.2) is 55.7 Å². The van der Waals surface area contributed by atoms with Crippen molar-refractivity contribution in [2.24, 2.45) is 0 Å². The van der Waals surface area contributed by atoms with Crippen LogP contribution < -0.4 is 0 Å². The molecule has 0 saturated heterocycles. The molecular weight excluding hydrogens is 228 g/mol. The molecule has 0 aromatic heterocycles. The summed E-state index contributed by atoms with van der Waals surface area (Å²) in [6, 6.07) is 6.29. The van der Waals surface area contributed by atoms with Crippen LogP contribution >= 0.6 is 0 Å². The lowest BCUT2D eigenvalue weighted by molar-refractivity contribution is 1.38. The summed E-state index contributed by atoms with van der Waals surface area (Å²) in [7, 11) is 0. The monoisotopic (exact) mass is 250 g/mol. The molecule has 0 unspecified atom stereocenters. The minimum atomic E-state index is 1.08. The summed E-state index contributed by atoms with van der Waals surface area (Å²) in [6.45, 7) is 18.0. The summed E-state index contributed by atoms with van der Waals surface area (Å²) in [4.78, 5) is 0. The maximum Gasteiger partial charge on any atom is -0.0104 e. The number of terminal acetylenes is 1. The highest BCUT2D eigenvalue weighted by atomic mass is 14.1. The molecule has 0 bridgehead atoms. The van der Waals surface area contributed by atoms with E-state index in [0.29, 0.717) is 0 Å². The highest BCUT2D eigenvalue weighted by Crippen LogP contribution is 2.30. The van der Waals surface area contributed by atoms with Gasteiger partial charge >= 0.3 is 0 Å². The maximum absolute atomic E-state index is 4.07. The lowest BCUT2D eigenvalue weighted by Gasteiger charge is -2.15. The lowest BCUT2D eigenvalue weighted by Crippen LogP contribution is -1.94. The fraction of sp³-hybridized carbons (Fsp3) is 0.158. The second-order valence-electron chi connectivity index (χ2n) is 4.28. The molecule has 0 radical (unpaired) electrons. The highest BCUT2D eigenvalue weighted by molar-refractivity contribution is 5.86. The van der Waals surface area contributed by atoms with Gasteiger partial charge in [-0.1, -0.05) is 55.7 Å². The van der Waals surface area contributed by atoms with E-state index in [4.69, 9.17) is 0 Å². The van der Waals surface area contributed by atoms with Gasteiger partial charge in [-0.3, -0.25) is 0 Å². The van der Waals surface area contributed by atoms with Gasteiger partial charge in [-0.15, -0.1) is 12.8 Å². The quantitative estimate of drug-likeness (QED) is 0.494. The van der Waals surface area contributed by atoms with Gasteiger partial charge in [0.15, 0.2) is 0 Å². The smallest absolute Gasteiger partial charge is 0.0104 e. The molecule has 98 valence electrons. The van der Waals surface area contributed by atoms with Gasteiger partial charge in [-0.25, -0.2) is 0 Å². The first-order chi connectivity index (χ1) is 9.02. The van der Waals surface area contributed by atoms with Crippen molar-refractivity contribution < 1.29 is 0 Å². The Labute approximate surface area is 117 Å². The average molecular weight is 250 g/mol. The summed E-state index contributed by atoms with van der Waals surface area (Å²) in [5, 5.41) is 0. The number of benzene rings is 1. The van der Waals surface area contributed by atoms with Gasteiger partial charge in [0.2, 0.25) is 0 Å². The highest BCUT2D eigenvalue weighted by Gasteiger charge is 2.09. The maximum atomic E-state index is 4.07. The topological polar surface area (TPSA) is 0 Å². The molecule has 1 rings (SSSR count). The van der Waals surface area contributed by atoms with Crippen LogP contribution in [0.4, 0.5) is 0 Å². The number of aryl methyl sites for hydroxylation is 1. The summed E-state index contributed by atoms with van der Waals surface area (Å²) < 4.78 is 0. The van der Waals surface area contributed by atoms with Crippen LogP contribution in [0.2, 0.25) is 0 Å². The van der Waals surface area contributed by atoms with Crippen LogP contribution in [0.5, 0.6) is 0 Å². The van der Waals surface area contributed by atoms with Crippen LogP contribution in [0.3, 0.4) is 0 Å². The Kier molecular flexibility index (Phi) is 7.00. The van der Waals surface area contributed by atoms with Crippen LogP contribution in [0.25, 0.3) is 11.1 Å². The van der Waals surface area contributed by atoms with Crippen LogP contribution in [0.1, 0.15) is 30.5 Å². The number of rotatable bonds is 4. The zero-order chi connectivity index (χ0) is 15.0. The van der Waals surface area contributed by atoms with Gasteiger partial charge in [0.25, 0.3) is 0 Å². The first-order valence-corrected chi connectivity index (χ1v) is 6.07. The number of hydrogen-bond donors (Lipinski definition) is 0. The lowest BCUT2D eigenvalue weighted by atomic mass is 9.90. The summed E-state index contributed by atoms with van der Waals surface area (Å²) in [6.07, 6.45) is 11.7. The van der Waals surface area contributed by atoms with E-state index in [-0.39, 0.29) is 0 Å². The third kappa shape index (κ3) is 3.86. The normalized spacial score (nSPS) is 10.6. The Morgan fingerprint density at radius 2 is 1.68 bits per heavy atom. The van der Waals surface area contributed by atoms with Crippen molar-refractivity contribution in [3.63, 3.8) is 0 Å². The molecule has 0 heteroatoms. The van der Waals surface area contributed by atoms with E-state index >= 15 is 0 Å². The fourth-order valence-corrected chi connectivity index (χ4v) is 2.05. The van der Waals surface area contributed by atoms with Gasteiger partial charge in [0.05, 0.1) is 0 Å². The van der Waals surface area contributed by atoms with Crippen molar-refractivity contribution in [3.8, 4) is 12.8 Å². The third-order valence-electron chi connectivity index (χ3n) is 2.92. The SMILES string of the molecule is C#C.C=C/C(C)=C(\C=C)c1cccc(C)c1C(=C)C. The molecule has 0 spiro atoms. The number of hydrogen-bond acceptors (Lipinski definition) is 0. The molecule has 1 aromatic carbocycles. The molecule has 0 saturated carbocycles. The standard InChI is InChI=1S/C17H20.C2H2/c1-7-13(5)15(8-2)16-11-9-10-14(6)17(16)12(3)4;1-2/h7-11H,1-3H2,4-6H3;1-2H/b15-13+;. The largest absolute Gasteiger partial charge is 0.124 e. The first-order valence-electron chi connectivity index (χ1n) is 6.07. The van der Waals surface area contributed by atoms with E-state index in [0.717, 1.165) is 16.7 Å². The second kappa shape index (κ2) is 7.95. The fourth-order valence-electron chi connectivity index (χ4n) is 2.05. The second-order valence-corrected chi connectivity index (χ2v) is 4.28. The van der Waals surface area contributed by atoms with Crippen LogP contribution in [-0.2, 0) is 0 Å². The zero-order valence-corrected chi connectivity index (χ0v) is 12.2. The van der Waals surface area contributed by atoms with E-state index in [1.54, 1.807) is 0 Å². The van der Waals surface area contributed by atoms with E-state index in [1.807, 2.05) is 19.1 Å². The van der Waals surface area contributed by atoms with E-state index in [1.165, 1.54) is 16.7 Å². The molecule has 1 aromatic rings. The predicted molar refractivity (Wildman–Crippen MR) is 88.8 cm³/mol. The molecule has 0 aliphatic rings. The Hall–Kier alpha value is -2.26.